The van der Waals surface area contributed by atoms with E-state index in [1.54, 1.807) is 6.92 Å². The van der Waals surface area contributed by atoms with Gasteiger partial charge >= 0.3 is 12.1 Å². The summed E-state index contributed by atoms with van der Waals surface area (Å²) in [7, 11) is 0. The Morgan fingerprint density at radius 2 is 1.81 bits per heavy atom. The fourth-order valence-corrected chi connectivity index (χ4v) is 3.43. The van der Waals surface area contributed by atoms with Crippen molar-refractivity contribution in [2.75, 3.05) is 0 Å². The minimum Gasteiger partial charge on any atom is -0.351 e. The summed E-state index contributed by atoms with van der Waals surface area (Å²) in [6.07, 6.45) is 2.68. The van der Waals surface area contributed by atoms with Crippen molar-refractivity contribution < 1.29 is 22.8 Å². The van der Waals surface area contributed by atoms with Gasteiger partial charge in [-0.2, -0.15) is 13.2 Å². The summed E-state index contributed by atoms with van der Waals surface area (Å²) in [6, 6.07) is 0.776. The van der Waals surface area contributed by atoms with Crippen molar-refractivity contribution in [1.82, 2.24) is 15.2 Å². The van der Waals surface area contributed by atoms with Crippen molar-refractivity contribution in [3.63, 3.8) is 0 Å². The Bertz CT molecular complexity index is 631. The Labute approximate surface area is 157 Å². The number of nitrogens with one attached hydrogen (secondary N) is 1. The number of carbonyl (C=O) groups excluding carboxylic acids is 2. The second-order valence-electron chi connectivity index (χ2n) is 6.99. The van der Waals surface area contributed by atoms with E-state index >= 15 is 0 Å². The van der Waals surface area contributed by atoms with Crippen molar-refractivity contribution in [2.45, 2.75) is 76.7 Å². The van der Waals surface area contributed by atoms with Gasteiger partial charge in [-0.25, -0.2) is 0 Å². The average Bonchev–Trinajstić information content (AvgIpc) is 2.65. The van der Waals surface area contributed by atoms with E-state index in [4.69, 9.17) is 0 Å². The number of hydrogen-bond acceptors (Lipinski definition) is 3. The van der Waals surface area contributed by atoms with Gasteiger partial charge in [-0.3, -0.25) is 14.6 Å². The Balaban J connectivity index is 2.39. The summed E-state index contributed by atoms with van der Waals surface area (Å²) in [4.78, 5) is 29.7. The predicted octanol–water partition coefficient (Wildman–Crippen LogP) is 3.76. The van der Waals surface area contributed by atoms with E-state index in [1.807, 2.05) is 0 Å². The number of nitrogens with zero attached hydrogens (tertiary/aromatic N) is 2. The molecule has 2 atom stereocenters. The number of aromatic nitrogens is 1. The van der Waals surface area contributed by atoms with Crippen LogP contribution in [0.2, 0.25) is 0 Å². The molecule has 8 heteroatoms. The first kappa shape index (κ1) is 21.2. The third kappa shape index (κ3) is 5.43. The Morgan fingerprint density at radius 3 is 2.33 bits per heavy atom. The van der Waals surface area contributed by atoms with Crippen LogP contribution in [0.4, 0.5) is 13.2 Å². The molecule has 1 N–H and O–H groups in total. The molecule has 0 saturated heterocycles. The minimum atomic E-state index is -5.06. The number of carbonyl (C=O) groups is 2. The third-order valence-corrected chi connectivity index (χ3v) is 5.04. The number of rotatable bonds is 6. The van der Waals surface area contributed by atoms with Crippen molar-refractivity contribution in [3.8, 4) is 0 Å². The molecule has 2 amide bonds. The molecule has 2 rings (SSSR count). The van der Waals surface area contributed by atoms with Crippen LogP contribution in [-0.4, -0.2) is 40.0 Å². The normalized spacial score (nSPS) is 17.8. The van der Waals surface area contributed by atoms with Crippen LogP contribution < -0.4 is 5.32 Å². The molecule has 1 heterocycles. The Kier molecular flexibility index (Phi) is 7.21. The molecule has 1 fully saturated rings. The molecule has 0 unspecified atom stereocenters. The van der Waals surface area contributed by atoms with Gasteiger partial charge in [0.25, 0.3) is 0 Å². The molecule has 1 aromatic rings. The van der Waals surface area contributed by atoms with Gasteiger partial charge in [0.15, 0.2) is 0 Å². The van der Waals surface area contributed by atoms with Crippen molar-refractivity contribution >= 4 is 11.8 Å². The van der Waals surface area contributed by atoms with Gasteiger partial charge < -0.3 is 10.2 Å². The SMILES string of the molecule is CC[C@H](C)N(C(=O)C(F)(F)F)[C@H](C(=O)NC1CCCCC1)c1ccncc1. The molecule has 0 spiro atoms. The van der Waals surface area contributed by atoms with Crippen LogP contribution in [0.5, 0.6) is 0 Å². The molecule has 150 valence electrons. The van der Waals surface area contributed by atoms with Crippen LogP contribution >= 0.6 is 0 Å². The average molecular weight is 385 g/mol. The van der Waals surface area contributed by atoms with Crippen LogP contribution in [-0.2, 0) is 9.59 Å². The summed E-state index contributed by atoms with van der Waals surface area (Å²) in [5.74, 6) is -2.58. The smallest absolute Gasteiger partial charge is 0.351 e. The molecule has 1 aliphatic rings. The number of amides is 2. The van der Waals surface area contributed by atoms with Gasteiger partial charge in [-0.15, -0.1) is 0 Å². The summed E-state index contributed by atoms with van der Waals surface area (Å²) >= 11 is 0. The molecule has 1 aliphatic carbocycles. The lowest BCUT2D eigenvalue weighted by molar-refractivity contribution is -0.191. The van der Waals surface area contributed by atoms with Crippen LogP contribution in [0.25, 0.3) is 0 Å². The first-order valence-corrected chi connectivity index (χ1v) is 9.35. The highest BCUT2D eigenvalue weighted by Gasteiger charge is 2.48. The highest BCUT2D eigenvalue weighted by atomic mass is 19.4. The molecule has 1 aromatic heterocycles. The zero-order valence-corrected chi connectivity index (χ0v) is 15.6. The molecule has 0 bridgehead atoms. The van der Waals surface area contributed by atoms with E-state index < -0.39 is 30.1 Å². The van der Waals surface area contributed by atoms with Crippen LogP contribution in [0.1, 0.15) is 64.0 Å². The standard InChI is InChI=1S/C19H26F3N3O2/c1-3-13(2)25(18(27)19(20,21)22)16(14-9-11-23-12-10-14)17(26)24-15-7-5-4-6-8-15/h9-13,15-16H,3-8H2,1-2H3,(H,24,26)/t13-,16-/m0/s1. The topological polar surface area (TPSA) is 62.3 Å². The molecule has 0 aliphatic heterocycles. The van der Waals surface area contributed by atoms with Gasteiger partial charge in [-0.1, -0.05) is 26.2 Å². The van der Waals surface area contributed by atoms with E-state index in [-0.39, 0.29) is 6.04 Å². The largest absolute Gasteiger partial charge is 0.471 e. The van der Waals surface area contributed by atoms with Crippen LogP contribution in [0.15, 0.2) is 24.5 Å². The molecular formula is C19H26F3N3O2. The predicted molar refractivity (Wildman–Crippen MR) is 94.6 cm³/mol. The maximum Gasteiger partial charge on any atom is 0.471 e. The Hall–Kier alpha value is -2.12. The second kappa shape index (κ2) is 9.19. The summed E-state index contributed by atoms with van der Waals surface area (Å²) in [5.41, 5.74) is 0.316. The van der Waals surface area contributed by atoms with E-state index in [0.29, 0.717) is 16.9 Å². The lowest BCUT2D eigenvalue weighted by Crippen LogP contribution is -2.53. The summed E-state index contributed by atoms with van der Waals surface area (Å²) in [5, 5.41) is 2.86. The minimum absolute atomic E-state index is 0.0737. The maximum atomic E-state index is 13.3. The summed E-state index contributed by atoms with van der Waals surface area (Å²) < 4.78 is 39.8. The van der Waals surface area contributed by atoms with E-state index in [0.717, 1.165) is 32.1 Å². The number of alkyl halides is 3. The van der Waals surface area contributed by atoms with Gasteiger partial charge in [0, 0.05) is 24.5 Å². The Morgan fingerprint density at radius 1 is 1.22 bits per heavy atom. The van der Waals surface area contributed by atoms with Crippen molar-refractivity contribution in [2.24, 2.45) is 0 Å². The zero-order valence-electron chi connectivity index (χ0n) is 15.6. The van der Waals surface area contributed by atoms with Gasteiger partial charge in [0.05, 0.1) is 0 Å². The number of hydrogen-bond donors (Lipinski definition) is 1. The fraction of sp³-hybridized carbons (Fsp3) is 0.632. The highest BCUT2D eigenvalue weighted by Crippen LogP contribution is 2.31. The first-order valence-electron chi connectivity index (χ1n) is 9.35. The molecule has 0 aromatic carbocycles. The first-order chi connectivity index (χ1) is 12.8. The lowest BCUT2D eigenvalue weighted by Gasteiger charge is -2.37. The van der Waals surface area contributed by atoms with E-state index in [2.05, 4.69) is 10.3 Å². The number of halogens is 3. The third-order valence-electron chi connectivity index (χ3n) is 5.04. The lowest BCUT2D eigenvalue weighted by atomic mass is 9.94. The highest BCUT2D eigenvalue weighted by molar-refractivity contribution is 5.91. The van der Waals surface area contributed by atoms with Crippen LogP contribution in [0.3, 0.4) is 0 Å². The maximum absolute atomic E-state index is 13.3. The summed E-state index contributed by atoms with van der Waals surface area (Å²) in [6.45, 7) is 3.20. The van der Waals surface area contributed by atoms with Gasteiger partial charge in [-0.05, 0) is 43.9 Å². The molecule has 1 saturated carbocycles. The fourth-order valence-electron chi connectivity index (χ4n) is 3.43. The second-order valence-corrected chi connectivity index (χ2v) is 6.99. The van der Waals surface area contributed by atoms with Crippen molar-refractivity contribution in [3.05, 3.63) is 30.1 Å². The van der Waals surface area contributed by atoms with Gasteiger partial charge in [0.2, 0.25) is 5.91 Å². The number of pyridine rings is 1. The van der Waals surface area contributed by atoms with Crippen molar-refractivity contribution in [1.29, 1.82) is 0 Å². The van der Waals surface area contributed by atoms with E-state index in [1.165, 1.54) is 31.5 Å². The van der Waals surface area contributed by atoms with Gasteiger partial charge in [0.1, 0.15) is 6.04 Å². The monoisotopic (exact) mass is 385 g/mol. The zero-order chi connectivity index (χ0) is 20.0. The quantitative estimate of drug-likeness (QED) is 0.811. The molecule has 5 nitrogen and oxygen atoms in total. The van der Waals surface area contributed by atoms with E-state index in [9.17, 15) is 22.8 Å². The molecule has 27 heavy (non-hydrogen) atoms. The molecular weight excluding hydrogens is 359 g/mol. The van der Waals surface area contributed by atoms with Crippen LogP contribution in [0, 0.1) is 0 Å². The molecule has 0 radical (unpaired) electrons.